The van der Waals surface area contributed by atoms with Crippen LogP contribution in [0, 0.1) is 17.8 Å². The maximum Gasteiger partial charge on any atom is 0.226 e. The first-order valence-corrected chi connectivity index (χ1v) is 9.57. The molecule has 2 unspecified atom stereocenters. The molecule has 2 aliphatic heterocycles. The van der Waals surface area contributed by atoms with E-state index >= 15 is 0 Å². The van der Waals surface area contributed by atoms with Crippen LogP contribution in [0.1, 0.15) is 32.1 Å². The zero-order valence-corrected chi connectivity index (χ0v) is 14.7. The highest BCUT2D eigenvalue weighted by Crippen LogP contribution is 2.37. The largest absolute Gasteiger partial charge is 0.342 e. The number of likely N-dealkylation sites (tertiary alicyclic amines) is 1. The molecule has 2 saturated heterocycles. The fourth-order valence-electron chi connectivity index (χ4n) is 4.26. The minimum Gasteiger partial charge on any atom is -0.342 e. The molecule has 1 N–H and O–H groups in total. The van der Waals surface area contributed by atoms with Crippen molar-refractivity contribution in [2.45, 2.75) is 32.1 Å². The Kier molecular flexibility index (Phi) is 6.06. The van der Waals surface area contributed by atoms with Crippen LogP contribution in [0.5, 0.6) is 0 Å². The summed E-state index contributed by atoms with van der Waals surface area (Å²) in [6.45, 7) is 11.0. The third-order valence-corrected chi connectivity index (χ3v) is 6.15. The third-order valence-electron chi connectivity index (χ3n) is 6.15. The molecular formula is C19H31N3O2. The third kappa shape index (κ3) is 4.06. The van der Waals surface area contributed by atoms with E-state index in [9.17, 15) is 9.59 Å². The summed E-state index contributed by atoms with van der Waals surface area (Å²) in [7, 11) is 0. The second kappa shape index (κ2) is 8.26. The van der Waals surface area contributed by atoms with Crippen LogP contribution >= 0.6 is 0 Å². The van der Waals surface area contributed by atoms with Crippen molar-refractivity contribution >= 4 is 11.7 Å². The summed E-state index contributed by atoms with van der Waals surface area (Å²) in [6.07, 6.45) is 6.58. The van der Waals surface area contributed by atoms with Crippen molar-refractivity contribution in [1.82, 2.24) is 15.1 Å². The Labute approximate surface area is 145 Å². The van der Waals surface area contributed by atoms with Crippen LogP contribution < -0.4 is 5.32 Å². The van der Waals surface area contributed by atoms with E-state index < -0.39 is 0 Å². The van der Waals surface area contributed by atoms with Crippen LogP contribution in [0.3, 0.4) is 0 Å². The molecule has 0 aromatic rings. The number of nitrogens with zero attached hydrogens (tertiary/aromatic N) is 2. The van der Waals surface area contributed by atoms with Gasteiger partial charge in [-0.05, 0) is 50.6 Å². The van der Waals surface area contributed by atoms with E-state index in [1.165, 1.54) is 19.0 Å². The Hall–Kier alpha value is -1.20. The predicted molar refractivity (Wildman–Crippen MR) is 94.6 cm³/mol. The highest BCUT2D eigenvalue weighted by atomic mass is 16.2. The number of piperidine rings is 1. The molecule has 0 spiro atoms. The van der Waals surface area contributed by atoms with E-state index in [2.05, 4.69) is 16.8 Å². The number of carbonyl (C=O) groups is 2. The maximum atomic E-state index is 12.6. The average molecular weight is 333 g/mol. The molecule has 3 fully saturated rings. The van der Waals surface area contributed by atoms with Gasteiger partial charge in [0.25, 0.3) is 0 Å². The number of nitrogens with one attached hydrogen (secondary N) is 1. The van der Waals surface area contributed by atoms with E-state index in [4.69, 9.17) is 0 Å². The summed E-state index contributed by atoms with van der Waals surface area (Å²) in [4.78, 5) is 29.0. The summed E-state index contributed by atoms with van der Waals surface area (Å²) in [6, 6.07) is 0. The highest BCUT2D eigenvalue weighted by Gasteiger charge is 2.42. The topological polar surface area (TPSA) is 52.7 Å². The van der Waals surface area contributed by atoms with E-state index in [1.54, 1.807) is 0 Å². The molecule has 0 bridgehead atoms. The summed E-state index contributed by atoms with van der Waals surface area (Å²) in [5, 5.41) is 3.39. The van der Waals surface area contributed by atoms with Crippen molar-refractivity contribution in [3.63, 3.8) is 0 Å². The molecule has 134 valence electrons. The molecule has 3 aliphatic rings. The van der Waals surface area contributed by atoms with Crippen molar-refractivity contribution in [3.05, 3.63) is 12.7 Å². The molecule has 2 heterocycles. The lowest BCUT2D eigenvalue weighted by atomic mass is 9.70. The second-order valence-electron chi connectivity index (χ2n) is 7.55. The fourth-order valence-corrected chi connectivity index (χ4v) is 4.26. The zero-order chi connectivity index (χ0) is 16.9. The van der Waals surface area contributed by atoms with Crippen LogP contribution in [0.2, 0.25) is 0 Å². The minimum absolute atomic E-state index is 0.0468. The number of hydrogen-bond acceptors (Lipinski definition) is 4. The number of hydrogen-bond donors (Lipinski definition) is 1. The van der Waals surface area contributed by atoms with Gasteiger partial charge in [-0.25, -0.2) is 0 Å². The van der Waals surface area contributed by atoms with Gasteiger partial charge in [0.05, 0.1) is 0 Å². The molecule has 1 amide bonds. The normalized spacial score (nSPS) is 29.1. The van der Waals surface area contributed by atoms with Gasteiger partial charge in [-0.15, -0.1) is 0 Å². The first-order chi connectivity index (χ1) is 11.7. The summed E-state index contributed by atoms with van der Waals surface area (Å²) in [5.74, 6) is 0.830. The molecule has 24 heavy (non-hydrogen) atoms. The Balaban J connectivity index is 1.39. The van der Waals surface area contributed by atoms with Gasteiger partial charge < -0.3 is 15.1 Å². The average Bonchev–Trinajstić information content (AvgIpc) is 2.60. The summed E-state index contributed by atoms with van der Waals surface area (Å²) < 4.78 is 0. The number of carbonyl (C=O) groups excluding carboxylic acids is 2. The molecular weight excluding hydrogens is 302 g/mol. The van der Waals surface area contributed by atoms with Gasteiger partial charge in [0.15, 0.2) is 5.78 Å². The lowest BCUT2D eigenvalue weighted by Gasteiger charge is -2.40. The number of piperazine rings is 1. The van der Waals surface area contributed by atoms with Crippen molar-refractivity contribution in [2.75, 3.05) is 45.8 Å². The quantitative estimate of drug-likeness (QED) is 0.745. The first-order valence-electron chi connectivity index (χ1n) is 9.57. The standard InChI is InChI=1S/C19H31N3O2/c1-2-18(23)16-3-4-17(16)19(24)22-11-6-15(7-12-22)5-10-21-13-8-20-9-14-21/h2,15-17,20H,1,3-14H2. The van der Waals surface area contributed by atoms with Crippen LogP contribution in [-0.4, -0.2) is 67.3 Å². The fraction of sp³-hybridized carbons (Fsp3) is 0.789. The van der Waals surface area contributed by atoms with E-state index in [1.807, 2.05) is 4.90 Å². The smallest absolute Gasteiger partial charge is 0.226 e. The summed E-state index contributed by atoms with van der Waals surface area (Å²) in [5.41, 5.74) is 0. The molecule has 2 atom stereocenters. The molecule has 1 saturated carbocycles. The molecule has 0 aromatic carbocycles. The van der Waals surface area contributed by atoms with E-state index in [0.29, 0.717) is 0 Å². The highest BCUT2D eigenvalue weighted by molar-refractivity contribution is 5.96. The molecule has 1 aliphatic carbocycles. The molecule has 5 heteroatoms. The zero-order valence-electron chi connectivity index (χ0n) is 14.7. The van der Waals surface area contributed by atoms with Crippen molar-refractivity contribution < 1.29 is 9.59 Å². The lowest BCUT2D eigenvalue weighted by molar-refractivity contribution is -0.146. The van der Waals surface area contributed by atoms with Gasteiger partial charge in [0.1, 0.15) is 0 Å². The van der Waals surface area contributed by atoms with E-state index in [0.717, 1.165) is 70.9 Å². The van der Waals surface area contributed by atoms with Crippen molar-refractivity contribution in [2.24, 2.45) is 17.8 Å². The second-order valence-corrected chi connectivity index (χ2v) is 7.55. The Morgan fingerprint density at radius 3 is 2.25 bits per heavy atom. The van der Waals surface area contributed by atoms with Gasteiger partial charge in [-0.2, -0.15) is 0 Å². The Bertz CT molecular complexity index is 465. The predicted octanol–water partition coefficient (Wildman–Crippen LogP) is 1.30. The van der Waals surface area contributed by atoms with Crippen molar-refractivity contribution in [1.29, 1.82) is 0 Å². The van der Waals surface area contributed by atoms with Crippen molar-refractivity contribution in [3.8, 4) is 0 Å². The minimum atomic E-state index is -0.0968. The lowest BCUT2D eigenvalue weighted by Crippen LogP contribution is -2.48. The van der Waals surface area contributed by atoms with Crippen LogP contribution in [0.25, 0.3) is 0 Å². The van der Waals surface area contributed by atoms with Gasteiger partial charge >= 0.3 is 0 Å². The SMILES string of the molecule is C=CC(=O)C1CCC1C(=O)N1CCC(CCN2CCNCC2)CC1. The maximum absolute atomic E-state index is 12.6. The van der Waals surface area contributed by atoms with Crippen LogP contribution in [0.15, 0.2) is 12.7 Å². The van der Waals surface area contributed by atoms with Gasteiger partial charge in [0, 0.05) is 51.1 Å². The van der Waals surface area contributed by atoms with Crippen LogP contribution in [0.4, 0.5) is 0 Å². The van der Waals surface area contributed by atoms with Gasteiger partial charge in [-0.1, -0.05) is 6.58 Å². The number of ketones is 1. The molecule has 0 radical (unpaired) electrons. The Morgan fingerprint density at radius 2 is 1.67 bits per heavy atom. The van der Waals surface area contributed by atoms with Crippen LogP contribution in [-0.2, 0) is 9.59 Å². The molecule has 3 rings (SSSR count). The summed E-state index contributed by atoms with van der Waals surface area (Å²) >= 11 is 0. The number of allylic oxidation sites excluding steroid dienone is 1. The van der Waals surface area contributed by atoms with E-state index in [-0.39, 0.29) is 23.5 Å². The monoisotopic (exact) mass is 333 g/mol. The molecule has 5 nitrogen and oxygen atoms in total. The molecule has 0 aromatic heterocycles. The first kappa shape index (κ1) is 17.6. The number of amides is 1. The van der Waals surface area contributed by atoms with Gasteiger partial charge in [-0.3, -0.25) is 9.59 Å². The number of rotatable bonds is 6. The van der Waals surface area contributed by atoms with Gasteiger partial charge in [0.2, 0.25) is 5.91 Å². The Morgan fingerprint density at radius 1 is 1.00 bits per heavy atom.